The van der Waals surface area contributed by atoms with E-state index in [2.05, 4.69) is 5.32 Å². The van der Waals surface area contributed by atoms with Crippen LogP contribution in [0.15, 0.2) is 24.3 Å². The van der Waals surface area contributed by atoms with Gasteiger partial charge in [0.1, 0.15) is 5.75 Å². The third-order valence-corrected chi connectivity index (χ3v) is 1.54. The van der Waals surface area contributed by atoms with Crippen LogP contribution >= 0.6 is 0 Å². The lowest BCUT2D eigenvalue weighted by Crippen LogP contribution is -2.28. The van der Waals surface area contributed by atoms with Gasteiger partial charge < -0.3 is 10.4 Å². The minimum Gasteiger partial charge on any atom is -0.508 e. The summed E-state index contributed by atoms with van der Waals surface area (Å²) in [5.74, 6) is -0.249. The van der Waals surface area contributed by atoms with Gasteiger partial charge in [0.25, 0.3) is 0 Å². The summed E-state index contributed by atoms with van der Waals surface area (Å²) in [4.78, 5) is 20.7. The Morgan fingerprint density at radius 2 is 2.00 bits per heavy atom. The number of carbonyl (C=O) groups is 2. The summed E-state index contributed by atoms with van der Waals surface area (Å²) in [6.45, 7) is 0.0174. The van der Waals surface area contributed by atoms with Crippen molar-refractivity contribution in [1.29, 1.82) is 0 Å². The maximum absolute atomic E-state index is 10.8. The van der Waals surface area contributed by atoms with Crippen molar-refractivity contribution in [2.24, 2.45) is 0 Å². The second-order valence-electron chi connectivity index (χ2n) is 2.59. The van der Waals surface area contributed by atoms with E-state index in [0.717, 1.165) is 0 Å². The number of anilines is 1. The quantitative estimate of drug-likeness (QED) is 0.468. The highest BCUT2D eigenvalue weighted by molar-refractivity contribution is 5.88. The van der Waals surface area contributed by atoms with E-state index < -0.39 is 5.91 Å². The summed E-state index contributed by atoms with van der Waals surface area (Å²) in [6, 6.07) is 6.26. The van der Waals surface area contributed by atoms with E-state index in [1.807, 2.05) is 5.32 Å². The molecule has 3 N–H and O–H groups in total. The van der Waals surface area contributed by atoms with Crippen LogP contribution in [0, 0.1) is 0 Å². The van der Waals surface area contributed by atoms with Crippen LogP contribution in [0.3, 0.4) is 0 Å². The van der Waals surface area contributed by atoms with Crippen LogP contribution in [0.5, 0.6) is 5.75 Å². The molecule has 0 radical (unpaired) electrons. The van der Waals surface area contributed by atoms with Crippen LogP contribution in [-0.2, 0) is 9.59 Å². The molecule has 0 aromatic heterocycles. The van der Waals surface area contributed by atoms with Crippen LogP contribution in [0.2, 0.25) is 0 Å². The summed E-state index contributed by atoms with van der Waals surface area (Å²) >= 11 is 0. The van der Waals surface area contributed by atoms with E-state index in [0.29, 0.717) is 12.1 Å². The van der Waals surface area contributed by atoms with Crippen molar-refractivity contribution in [3.63, 3.8) is 0 Å². The number of hydrogen-bond acceptors (Lipinski definition) is 4. The summed E-state index contributed by atoms with van der Waals surface area (Å²) in [5.41, 5.74) is 0.698. The molecule has 0 unspecified atom stereocenters. The predicted molar refractivity (Wildman–Crippen MR) is 50.8 cm³/mol. The Bertz CT molecular complexity index is 321. The molecule has 0 fully saturated rings. The zero-order valence-electron chi connectivity index (χ0n) is 7.36. The van der Waals surface area contributed by atoms with Gasteiger partial charge >= 0.3 is 0 Å². The first-order valence-electron chi connectivity index (χ1n) is 3.98. The molecule has 0 atom stereocenters. The molecule has 0 bridgehead atoms. The maximum Gasteiger partial charge on any atom is 0.245 e. The van der Waals surface area contributed by atoms with E-state index in [9.17, 15) is 9.59 Å². The Balaban J connectivity index is 2.41. The molecule has 5 heteroatoms. The van der Waals surface area contributed by atoms with E-state index in [-0.39, 0.29) is 12.3 Å². The first-order valence-corrected chi connectivity index (χ1v) is 3.98. The van der Waals surface area contributed by atoms with Gasteiger partial charge in [0.15, 0.2) is 0 Å². The molecule has 2 amide bonds. The van der Waals surface area contributed by atoms with Crippen LogP contribution in [0.1, 0.15) is 0 Å². The van der Waals surface area contributed by atoms with E-state index in [1.54, 1.807) is 12.1 Å². The van der Waals surface area contributed by atoms with Gasteiger partial charge in [-0.3, -0.25) is 14.9 Å². The largest absolute Gasteiger partial charge is 0.508 e. The Hall–Kier alpha value is -2.04. The normalized spacial score (nSPS) is 9.14. The smallest absolute Gasteiger partial charge is 0.245 e. The minimum atomic E-state index is -0.409. The van der Waals surface area contributed by atoms with Crippen LogP contribution in [-0.4, -0.2) is 24.0 Å². The molecule has 1 aromatic carbocycles. The van der Waals surface area contributed by atoms with E-state index in [1.165, 1.54) is 12.1 Å². The number of phenols is 1. The van der Waals surface area contributed by atoms with Gasteiger partial charge in [0.2, 0.25) is 12.3 Å². The number of rotatable bonds is 4. The number of amides is 2. The lowest BCUT2D eigenvalue weighted by Gasteiger charge is -2.04. The van der Waals surface area contributed by atoms with Crippen molar-refractivity contribution < 1.29 is 14.7 Å². The first-order chi connectivity index (χ1) is 6.72. The molecule has 74 valence electrons. The number of phenolic OH excluding ortho intramolecular Hbond substituents is 1. The number of benzene rings is 1. The van der Waals surface area contributed by atoms with Gasteiger partial charge in [-0.15, -0.1) is 0 Å². The fourth-order valence-electron chi connectivity index (χ4n) is 0.878. The average Bonchev–Trinajstić information content (AvgIpc) is 2.17. The SMILES string of the molecule is O=CNC(=O)CNc1ccc(O)cc1. The number of carbonyl (C=O) groups excluding carboxylic acids is 2. The highest BCUT2D eigenvalue weighted by Gasteiger charge is 1.98. The van der Waals surface area contributed by atoms with Gasteiger partial charge in [-0.2, -0.15) is 0 Å². The summed E-state index contributed by atoms with van der Waals surface area (Å²) in [7, 11) is 0. The standard InChI is InChI=1S/C9H10N2O3/c12-6-11-9(14)5-10-7-1-3-8(13)4-2-7/h1-4,6,10,13H,5H2,(H,11,12,14). The molecular formula is C9H10N2O3. The molecule has 0 aliphatic heterocycles. The molecule has 0 spiro atoms. The number of imide groups is 1. The fraction of sp³-hybridized carbons (Fsp3) is 0.111. The lowest BCUT2D eigenvalue weighted by atomic mass is 10.3. The fourth-order valence-corrected chi connectivity index (χ4v) is 0.878. The second kappa shape index (κ2) is 4.86. The summed E-state index contributed by atoms with van der Waals surface area (Å²) < 4.78 is 0. The van der Waals surface area contributed by atoms with Gasteiger partial charge in [0.05, 0.1) is 6.54 Å². The molecular weight excluding hydrogens is 184 g/mol. The highest BCUT2D eigenvalue weighted by Crippen LogP contribution is 2.12. The molecule has 0 saturated carbocycles. The second-order valence-corrected chi connectivity index (χ2v) is 2.59. The first kappa shape index (κ1) is 10.0. The molecule has 0 saturated heterocycles. The van der Waals surface area contributed by atoms with Gasteiger partial charge in [0, 0.05) is 5.69 Å². The van der Waals surface area contributed by atoms with Crippen molar-refractivity contribution in [2.45, 2.75) is 0 Å². The monoisotopic (exact) mass is 194 g/mol. The molecule has 1 rings (SSSR count). The summed E-state index contributed by atoms with van der Waals surface area (Å²) in [6.07, 6.45) is 0.334. The zero-order chi connectivity index (χ0) is 10.4. The Morgan fingerprint density at radius 1 is 1.36 bits per heavy atom. The van der Waals surface area contributed by atoms with Crippen molar-refractivity contribution in [3.05, 3.63) is 24.3 Å². The molecule has 0 aliphatic carbocycles. The van der Waals surface area contributed by atoms with Crippen molar-refractivity contribution in [3.8, 4) is 5.75 Å². The minimum absolute atomic E-state index is 0.0174. The lowest BCUT2D eigenvalue weighted by molar-refractivity contribution is -0.123. The van der Waals surface area contributed by atoms with Crippen LogP contribution in [0.4, 0.5) is 5.69 Å². The van der Waals surface area contributed by atoms with Gasteiger partial charge in [-0.25, -0.2) is 0 Å². The molecule has 14 heavy (non-hydrogen) atoms. The topological polar surface area (TPSA) is 78.4 Å². The van der Waals surface area contributed by atoms with Crippen LogP contribution < -0.4 is 10.6 Å². The third-order valence-electron chi connectivity index (χ3n) is 1.54. The van der Waals surface area contributed by atoms with Gasteiger partial charge in [-0.05, 0) is 24.3 Å². The molecule has 1 aromatic rings. The molecule has 5 nitrogen and oxygen atoms in total. The highest BCUT2D eigenvalue weighted by atomic mass is 16.3. The zero-order valence-corrected chi connectivity index (χ0v) is 7.36. The number of hydrogen-bond donors (Lipinski definition) is 3. The Kier molecular flexibility index (Phi) is 3.49. The summed E-state index contributed by atoms with van der Waals surface area (Å²) in [5, 5.41) is 13.7. The van der Waals surface area contributed by atoms with Crippen LogP contribution in [0.25, 0.3) is 0 Å². The third kappa shape index (κ3) is 3.14. The predicted octanol–water partition coefficient (Wildman–Crippen LogP) is 0.0767. The van der Waals surface area contributed by atoms with E-state index >= 15 is 0 Å². The molecule has 0 heterocycles. The maximum atomic E-state index is 10.8. The van der Waals surface area contributed by atoms with Crippen molar-refractivity contribution >= 4 is 18.0 Å². The molecule has 0 aliphatic rings. The number of nitrogens with one attached hydrogen (secondary N) is 2. The van der Waals surface area contributed by atoms with Gasteiger partial charge in [-0.1, -0.05) is 0 Å². The number of aromatic hydroxyl groups is 1. The van der Waals surface area contributed by atoms with Crippen molar-refractivity contribution in [1.82, 2.24) is 5.32 Å². The van der Waals surface area contributed by atoms with Crippen molar-refractivity contribution in [2.75, 3.05) is 11.9 Å². The Labute approximate surface area is 80.7 Å². The Morgan fingerprint density at radius 3 is 2.57 bits per heavy atom. The van der Waals surface area contributed by atoms with E-state index in [4.69, 9.17) is 5.11 Å². The average molecular weight is 194 g/mol.